The fourth-order valence-corrected chi connectivity index (χ4v) is 3.40. The average molecular weight is 368 g/mol. The van der Waals surface area contributed by atoms with E-state index >= 15 is 0 Å². The second-order valence-electron chi connectivity index (χ2n) is 6.54. The minimum Gasteiger partial charge on any atom is -0.440 e. The molecule has 0 aliphatic heterocycles. The fraction of sp³-hybridized carbons (Fsp3) is 0.588. The molecule has 1 aliphatic rings. The van der Waals surface area contributed by atoms with Gasteiger partial charge in [0.25, 0.3) is 5.91 Å². The Kier molecular flexibility index (Phi) is 6.61. The molecular formula is C17H26ClN5O2. The number of nitrogens with two attached hydrogens (primary N) is 1. The van der Waals surface area contributed by atoms with E-state index in [2.05, 4.69) is 15.4 Å². The molecule has 0 bridgehead atoms. The van der Waals surface area contributed by atoms with E-state index in [9.17, 15) is 4.79 Å². The number of aryl methyl sites for hydroxylation is 2. The molecule has 1 fully saturated rings. The van der Waals surface area contributed by atoms with Gasteiger partial charge in [-0.25, -0.2) is 4.98 Å². The molecule has 2 aromatic heterocycles. The van der Waals surface area contributed by atoms with Gasteiger partial charge in [0, 0.05) is 25.8 Å². The number of carbonyl (C=O) groups excluding carboxylic acids is 1. The molecule has 8 heteroatoms. The minimum atomic E-state index is -0.215. The summed E-state index contributed by atoms with van der Waals surface area (Å²) < 4.78 is 7.31. The molecular weight excluding hydrogens is 342 g/mol. The summed E-state index contributed by atoms with van der Waals surface area (Å²) in [6.07, 6.45) is 9.42. The Balaban J connectivity index is 0.00000225. The highest BCUT2D eigenvalue weighted by atomic mass is 35.5. The van der Waals surface area contributed by atoms with E-state index < -0.39 is 0 Å². The zero-order valence-electron chi connectivity index (χ0n) is 14.7. The van der Waals surface area contributed by atoms with Crippen LogP contribution in [0.25, 0.3) is 11.5 Å². The number of hydrogen-bond acceptors (Lipinski definition) is 5. The minimum absolute atomic E-state index is 0. The largest absolute Gasteiger partial charge is 0.440 e. The third-order valence-corrected chi connectivity index (χ3v) is 4.75. The van der Waals surface area contributed by atoms with Gasteiger partial charge in [-0.3, -0.25) is 9.48 Å². The first kappa shape index (κ1) is 19.5. The molecule has 25 heavy (non-hydrogen) atoms. The predicted molar refractivity (Wildman–Crippen MR) is 97.6 cm³/mol. The lowest BCUT2D eigenvalue weighted by Crippen LogP contribution is -2.46. The van der Waals surface area contributed by atoms with Crippen molar-refractivity contribution in [2.75, 3.05) is 6.54 Å². The molecule has 138 valence electrons. The van der Waals surface area contributed by atoms with E-state index in [1.54, 1.807) is 24.0 Å². The number of carbonyl (C=O) groups is 1. The van der Waals surface area contributed by atoms with Crippen LogP contribution >= 0.6 is 12.4 Å². The molecule has 0 saturated heterocycles. The smallest absolute Gasteiger partial charge is 0.273 e. The van der Waals surface area contributed by atoms with Gasteiger partial charge < -0.3 is 15.5 Å². The number of hydrogen-bond donors (Lipinski definition) is 2. The van der Waals surface area contributed by atoms with Crippen LogP contribution in [0.3, 0.4) is 0 Å². The number of amides is 1. The summed E-state index contributed by atoms with van der Waals surface area (Å²) in [5, 5.41) is 7.16. The Morgan fingerprint density at radius 2 is 2.16 bits per heavy atom. The van der Waals surface area contributed by atoms with Crippen molar-refractivity contribution in [3.8, 4) is 11.5 Å². The monoisotopic (exact) mass is 367 g/mol. The van der Waals surface area contributed by atoms with E-state index in [0.29, 0.717) is 29.8 Å². The Labute approximate surface area is 153 Å². The second-order valence-corrected chi connectivity index (χ2v) is 6.54. The maximum Gasteiger partial charge on any atom is 0.273 e. The summed E-state index contributed by atoms with van der Waals surface area (Å²) in [6.45, 7) is 2.20. The number of rotatable bonds is 5. The standard InChI is InChI=1S/C17H25N5O2.ClH/c1-11-15(21-17(24-11)13-9-19-22(2)10-13)16(23)20-14(8-18)12-6-4-3-5-7-12;/h9-10,12,14H,3-8,18H2,1-2H3,(H,20,23);1H. The van der Waals surface area contributed by atoms with Crippen LogP contribution < -0.4 is 11.1 Å². The summed E-state index contributed by atoms with van der Waals surface area (Å²) in [4.78, 5) is 17.0. The Morgan fingerprint density at radius 3 is 2.76 bits per heavy atom. The zero-order valence-corrected chi connectivity index (χ0v) is 15.5. The highest BCUT2D eigenvalue weighted by Gasteiger charge is 2.26. The van der Waals surface area contributed by atoms with Crippen LogP contribution in [-0.4, -0.2) is 33.3 Å². The van der Waals surface area contributed by atoms with Gasteiger partial charge in [0.1, 0.15) is 5.76 Å². The average Bonchev–Trinajstić information content (AvgIpc) is 3.19. The van der Waals surface area contributed by atoms with Gasteiger partial charge in [0.15, 0.2) is 5.69 Å². The summed E-state index contributed by atoms with van der Waals surface area (Å²) in [6, 6.07) is -0.00394. The predicted octanol–water partition coefficient (Wildman–Crippen LogP) is 2.44. The molecule has 1 saturated carbocycles. The van der Waals surface area contributed by atoms with Crippen molar-refractivity contribution in [1.29, 1.82) is 0 Å². The van der Waals surface area contributed by atoms with Gasteiger partial charge in [0.2, 0.25) is 5.89 Å². The maximum absolute atomic E-state index is 12.6. The number of oxazole rings is 1. The lowest BCUT2D eigenvalue weighted by molar-refractivity contribution is 0.0909. The molecule has 2 heterocycles. The summed E-state index contributed by atoms with van der Waals surface area (Å²) >= 11 is 0. The molecule has 3 rings (SSSR count). The van der Waals surface area contributed by atoms with E-state index in [4.69, 9.17) is 10.2 Å². The van der Waals surface area contributed by atoms with Crippen molar-refractivity contribution in [2.45, 2.75) is 45.1 Å². The van der Waals surface area contributed by atoms with Gasteiger partial charge in [-0.1, -0.05) is 19.3 Å². The van der Waals surface area contributed by atoms with E-state index in [1.807, 2.05) is 7.05 Å². The van der Waals surface area contributed by atoms with E-state index in [0.717, 1.165) is 18.4 Å². The van der Waals surface area contributed by atoms with Crippen LogP contribution in [-0.2, 0) is 7.05 Å². The van der Waals surface area contributed by atoms with Crippen molar-refractivity contribution < 1.29 is 9.21 Å². The van der Waals surface area contributed by atoms with Gasteiger partial charge in [-0.15, -0.1) is 12.4 Å². The first-order chi connectivity index (χ1) is 11.6. The van der Waals surface area contributed by atoms with Crippen LogP contribution in [0, 0.1) is 12.8 Å². The Bertz CT molecular complexity index is 706. The van der Waals surface area contributed by atoms with E-state index in [-0.39, 0.29) is 24.4 Å². The van der Waals surface area contributed by atoms with E-state index in [1.165, 1.54) is 19.3 Å². The first-order valence-electron chi connectivity index (χ1n) is 8.56. The third kappa shape index (κ3) is 4.41. The van der Waals surface area contributed by atoms with Crippen molar-refractivity contribution in [3.63, 3.8) is 0 Å². The van der Waals surface area contributed by atoms with Gasteiger partial charge in [0.05, 0.1) is 11.8 Å². The molecule has 1 amide bonds. The molecule has 0 radical (unpaired) electrons. The molecule has 3 N–H and O–H groups in total. The van der Waals surface area contributed by atoms with Crippen LogP contribution in [0.5, 0.6) is 0 Å². The lowest BCUT2D eigenvalue weighted by Gasteiger charge is -2.29. The lowest BCUT2D eigenvalue weighted by atomic mass is 9.84. The molecule has 1 atom stereocenters. The number of halogens is 1. The van der Waals surface area contributed by atoms with Crippen molar-refractivity contribution >= 4 is 18.3 Å². The normalized spacial score (nSPS) is 16.3. The molecule has 1 unspecified atom stereocenters. The quantitative estimate of drug-likeness (QED) is 0.845. The van der Waals surface area contributed by atoms with Gasteiger partial charge in [-0.05, 0) is 25.7 Å². The second kappa shape index (κ2) is 8.49. The number of nitrogens with zero attached hydrogens (tertiary/aromatic N) is 3. The summed E-state index contributed by atoms with van der Waals surface area (Å²) in [7, 11) is 1.82. The zero-order chi connectivity index (χ0) is 17.1. The summed E-state index contributed by atoms with van der Waals surface area (Å²) in [5.41, 5.74) is 6.97. The number of aromatic nitrogens is 3. The van der Waals surface area contributed by atoms with Crippen molar-refractivity contribution in [3.05, 3.63) is 23.8 Å². The van der Waals surface area contributed by atoms with Gasteiger partial charge in [-0.2, -0.15) is 5.10 Å². The molecule has 0 aromatic carbocycles. The SMILES string of the molecule is Cc1oc(-c2cnn(C)c2)nc1C(=O)NC(CN)C1CCCCC1.Cl. The van der Waals surface area contributed by atoms with Crippen LogP contribution in [0.15, 0.2) is 16.8 Å². The topological polar surface area (TPSA) is 99.0 Å². The molecule has 1 aliphatic carbocycles. The van der Waals surface area contributed by atoms with Crippen LogP contribution in [0.1, 0.15) is 48.4 Å². The van der Waals surface area contributed by atoms with Crippen LogP contribution in [0.2, 0.25) is 0 Å². The molecule has 0 spiro atoms. The Hall–Kier alpha value is -1.86. The van der Waals surface area contributed by atoms with Crippen molar-refractivity contribution in [1.82, 2.24) is 20.1 Å². The summed E-state index contributed by atoms with van der Waals surface area (Å²) in [5.74, 6) is 1.16. The van der Waals surface area contributed by atoms with Crippen LogP contribution in [0.4, 0.5) is 0 Å². The highest BCUT2D eigenvalue weighted by Crippen LogP contribution is 2.27. The molecule has 2 aromatic rings. The maximum atomic E-state index is 12.6. The fourth-order valence-electron chi connectivity index (χ4n) is 3.40. The first-order valence-corrected chi connectivity index (χ1v) is 8.56. The third-order valence-electron chi connectivity index (χ3n) is 4.75. The van der Waals surface area contributed by atoms with Gasteiger partial charge >= 0.3 is 0 Å². The molecule has 7 nitrogen and oxygen atoms in total. The number of nitrogens with one attached hydrogen (secondary N) is 1. The highest BCUT2D eigenvalue weighted by molar-refractivity contribution is 5.93. The Morgan fingerprint density at radius 1 is 1.44 bits per heavy atom. The van der Waals surface area contributed by atoms with Crippen molar-refractivity contribution in [2.24, 2.45) is 18.7 Å².